The van der Waals surface area contributed by atoms with Gasteiger partial charge in [-0.1, -0.05) is 6.07 Å². The fraction of sp³-hybridized carbons (Fsp3) is 0. The Labute approximate surface area is 64.4 Å². The third-order valence-electron chi connectivity index (χ3n) is 0.709. The normalized spacial score (nSPS) is 7.36. The van der Waals surface area contributed by atoms with Crippen LogP contribution in [0.2, 0.25) is 0 Å². The molecular weight excluding hydrogens is 144 g/mol. The maximum atomic E-state index is 9.35. The molecule has 5 N–H and O–H groups in total. The summed E-state index contributed by atoms with van der Waals surface area (Å²) in [5, 5.41) is 0. The molecule has 5 heteroatoms. The second-order valence-corrected chi connectivity index (χ2v) is 1.53. The Morgan fingerprint density at radius 2 is 1.73 bits per heavy atom. The molecule has 0 aliphatic heterocycles. The average Bonchev–Trinajstić information content (AvgIpc) is 2.09. The predicted octanol–water partition coefficient (Wildman–Crippen LogP) is -0.390. The van der Waals surface area contributed by atoms with Crippen LogP contribution in [0, 0.1) is 0 Å². The van der Waals surface area contributed by atoms with Gasteiger partial charge in [-0.05, 0) is 12.1 Å². The number of pyridine rings is 1. The highest BCUT2D eigenvalue weighted by Gasteiger charge is 1.73. The van der Waals surface area contributed by atoms with Gasteiger partial charge >= 0.3 is 6.03 Å². The van der Waals surface area contributed by atoms with Crippen LogP contribution in [-0.4, -0.2) is 11.0 Å². The van der Waals surface area contributed by atoms with Gasteiger partial charge in [0.2, 0.25) is 0 Å². The highest BCUT2D eigenvalue weighted by atomic mass is 16.2. The highest BCUT2D eigenvalue weighted by Crippen LogP contribution is 1.73. The van der Waals surface area contributed by atoms with Crippen LogP contribution in [0.1, 0.15) is 0 Å². The number of rotatable bonds is 0. The van der Waals surface area contributed by atoms with Crippen molar-refractivity contribution in [2.24, 2.45) is 11.6 Å². The number of urea groups is 1. The topological polar surface area (TPSA) is 94.0 Å². The minimum absolute atomic E-state index is 0.718. The van der Waals surface area contributed by atoms with Crippen molar-refractivity contribution in [2.45, 2.75) is 0 Å². The molecule has 0 unspecified atom stereocenters. The molecule has 0 saturated heterocycles. The van der Waals surface area contributed by atoms with E-state index in [4.69, 9.17) is 0 Å². The molecule has 5 nitrogen and oxygen atoms in total. The first-order chi connectivity index (χ1) is 5.27. The number of carbonyl (C=O) groups excluding carboxylic acids is 1. The zero-order valence-electron chi connectivity index (χ0n) is 5.90. The average molecular weight is 154 g/mol. The van der Waals surface area contributed by atoms with E-state index in [0.29, 0.717) is 0 Å². The van der Waals surface area contributed by atoms with Crippen LogP contribution in [0.25, 0.3) is 0 Å². The Morgan fingerprint density at radius 3 is 1.82 bits per heavy atom. The lowest BCUT2D eigenvalue weighted by Gasteiger charge is -1.81. The van der Waals surface area contributed by atoms with Crippen LogP contribution in [0.3, 0.4) is 0 Å². The summed E-state index contributed by atoms with van der Waals surface area (Å²) in [5.74, 6) is 4.45. The van der Waals surface area contributed by atoms with Gasteiger partial charge in [0.25, 0.3) is 0 Å². The Balaban J connectivity index is 0.000000187. The molecule has 11 heavy (non-hydrogen) atoms. The van der Waals surface area contributed by atoms with Gasteiger partial charge in [-0.3, -0.25) is 10.4 Å². The van der Waals surface area contributed by atoms with Gasteiger partial charge in [0.15, 0.2) is 0 Å². The van der Waals surface area contributed by atoms with Crippen LogP contribution in [0.5, 0.6) is 0 Å². The van der Waals surface area contributed by atoms with Crippen LogP contribution >= 0.6 is 0 Å². The summed E-state index contributed by atoms with van der Waals surface area (Å²) in [4.78, 5) is 13.1. The largest absolute Gasteiger partial charge is 0.351 e. The van der Waals surface area contributed by atoms with E-state index in [-0.39, 0.29) is 0 Å². The zero-order chi connectivity index (χ0) is 8.53. The number of hydrogen-bond donors (Lipinski definition) is 3. The molecular formula is C6H10N4O. The van der Waals surface area contributed by atoms with Crippen LogP contribution in [0.4, 0.5) is 4.79 Å². The van der Waals surface area contributed by atoms with Gasteiger partial charge in [-0.15, -0.1) is 0 Å². The SMILES string of the molecule is NNC(N)=O.c1ccncc1. The molecule has 1 aromatic rings. The third-order valence-corrected chi connectivity index (χ3v) is 0.709. The van der Waals surface area contributed by atoms with E-state index in [2.05, 4.69) is 16.6 Å². The Hall–Kier alpha value is -1.62. The van der Waals surface area contributed by atoms with E-state index in [0.717, 1.165) is 0 Å². The van der Waals surface area contributed by atoms with Crippen molar-refractivity contribution < 1.29 is 4.79 Å². The number of nitrogens with one attached hydrogen (secondary N) is 1. The lowest BCUT2D eigenvalue weighted by atomic mass is 10.5. The van der Waals surface area contributed by atoms with Crippen LogP contribution in [0.15, 0.2) is 30.6 Å². The number of aromatic nitrogens is 1. The van der Waals surface area contributed by atoms with Crippen molar-refractivity contribution in [1.29, 1.82) is 0 Å². The van der Waals surface area contributed by atoms with Gasteiger partial charge in [0, 0.05) is 12.4 Å². The summed E-state index contributed by atoms with van der Waals surface area (Å²) in [7, 11) is 0. The number of primary amides is 1. The summed E-state index contributed by atoms with van der Waals surface area (Å²) in [6.45, 7) is 0. The molecule has 0 atom stereocenters. The summed E-state index contributed by atoms with van der Waals surface area (Å²) >= 11 is 0. The lowest BCUT2D eigenvalue weighted by Crippen LogP contribution is -2.34. The number of hydrogen-bond acceptors (Lipinski definition) is 3. The van der Waals surface area contributed by atoms with Gasteiger partial charge in [0.05, 0.1) is 0 Å². The molecule has 0 aliphatic carbocycles. The fourth-order valence-corrected chi connectivity index (χ4v) is 0.313. The minimum Gasteiger partial charge on any atom is -0.351 e. The van der Waals surface area contributed by atoms with Crippen molar-refractivity contribution in [3.63, 3.8) is 0 Å². The standard InChI is InChI=1S/C5H5N.CH5N3O/c1-2-4-6-5-3-1;2-1(5)4-3/h1-5H;3H2,(H3,2,4,5). The van der Waals surface area contributed by atoms with E-state index in [1.807, 2.05) is 18.2 Å². The van der Waals surface area contributed by atoms with E-state index in [1.165, 1.54) is 0 Å². The monoisotopic (exact) mass is 154 g/mol. The first kappa shape index (κ1) is 9.38. The molecule has 1 rings (SSSR count). The zero-order valence-corrected chi connectivity index (χ0v) is 5.90. The second-order valence-electron chi connectivity index (χ2n) is 1.53. The summed E-state index contributed by atoms with van der Waals surface area (Å²) < 4.78 is 0. The smallest absolute Gasteiger partial charge is 0.326 e. The van der Waals surface area contributed by atoms with Crippen molar-refractivity contribution in [3.05, 3.63) is 30.6 Å². The van der Waals surface area contributed by atoms with Crippen LogP contribution in [-0.2, 0) is 0 Å². The Bertz CT molecular complexity index is 162. The predicted molar refractivity (Wildman–Crippen MR) is 41.1 cm³/mol. The molecule has 0 radical (unpaired) electrons. The number of amides is 2. The minimum atomic E-state index is -0.718. The summed E-state index contributed by atoms with van der Waals surface area (Å²) in [5.41, 5.74) is 6.08. The third kappa shape index (κ3) is 8.38. The first-order valence-electron chi connectivity index (χ1n) is 2.88. The maximum Gasteiger partial charge on any atom is 0.326 e. The van der Waals surface area contributed by atoms with E-state index in [9.17, 15) is 4.79 Å². The second kappa shape index (κ2) is 6.50. The molecule has 1 aromatic heterocycles. The van der Waals surface area contributed by atoms with Gasteiger partial charge in [0.1, 0.15) is 0 Å². The molecule has 0 aromatic carbocycles. The molecule has 0 aliphatic rings. The summed E-state index contributed by atoms with van der Waals surface area (Å²) in [6, 6.07) is 5.00. The molecule has 2 amide bonds. The number of hydrazine groups is 1. The first-order valence-corrected chi connectivity index (χ1v) is 2.88. The molecule has 1 heterocycles. The molecule has 60 valence electrons. The number of nitrogens with zero attached hydrogens (tertiary/aromatic N) is 1. The van der Waals surface area contributed by atoms with Crippen molar-refractivity contribution in [1.82, 2.24) is 10.4 Å². The van der Waals surface area contributed by atoms with E-state index < -0.39 is 6.03 Å². The van der Waals surface area contributed by atoms with Gasteiger partial charge in [-0.25, -0.2) is 10.6 Å². The van der Waals surface area contributed by atoms with Gasteiger partial charge < -0.3 is 5.73 Å². The van der Waals surface area contributed by atoms with Crippen LogP contribution < -0.4 is 17.0 Å². The molecule has 0 fully saturated rings. The lowest BCUT2D eigenvalue weighted by molar-refractivity contribution is 0.249. The maximum absolute atomic E-state index is 9.35. The fourth-order valence-electron chi connectivity index (χ4n) is 0.313. The highest BCUT2D eigenvalue weighted by molar-refractivity contribution is 5.70. The van der Waals surface area contributed by atoms with Gasteiger partial charge in [-0.2, -0.15) is 0 Å². The summed E-state index contributed by atoms with van der Waals surface area (Å²) in [6.07, 6.45) is 3.50. The van der Waals surface area contributed by atoms with E-state index >= 15 is 0 Å². The Kier molecular flexibility index (Phi) is 5.54. The number of nitrogens with two attached hydrogens (primary N) is 2. The Morgan fingerprint density at radius 1 is 1.27 bits per heavy atom. The van der Waals surface area contributed by atoms with E-state index in [1.54, 1.807) is 17.8 Å². The number of carbonyl (C=O) groups is 1. The molecule has 0 bridgehead atoms. The van der Waals surface area contributed by atoms with Crippen molar-refractivity contribution >= 4 is 6.03 Å². The molecule has 0 spiro atoms. The quantitative estimate of drug-likeness (QED) is 0.270. The molecule has 0 saturated carbocycles. The van der Waals surface area contributed by atoms with Crippen molar-refractivity contribution in [3.8, 4) is 0 Å². The van der Waals surface area contributed by atoms with Crippen molar-refractivity contribution in [2.75, 3.05) is 0 Å².